The molecule has 19 heavy (non-hydrogen) atoms. The molecule has 0 bridgehead atoms. The monoisotopic (exact) mass is 329 g/mol. The van der Waals surface area contributed by atoms with Gasteiger partial charge >= 0.3 is 0 Å². The minimum Gasteiger partial charge on any atom is -0.313 e. The molecule has 108 valence electrons. The van der Waals surface area contributed by atoms with Crippen LogP contribution in [0.5, 0.6) is 0 Å². The Morgan fingerprint density at radius 1 is 1.16 bits per heavy atom. The van der Waals surface area contributed by atoms with E-state index in [4.69, 9.17) is 0 Å². The van der Waals surface area contributed by atoms with Crippen LogP contribution in [0, 0.1) is 11.7 Å². The summed E-state index contributed by atoms with van der Waals surface area (Å²) < 4.78 is 13.8. The second-order valence-corrected chi connectivity index (χ2v) is 6.36. The molecule has 0 aliphatic heterocycles. The third-order valence-corrected chi connectivity index (χ3v) is 3.95. The fourth-order valence-electron chi connectivity index (χ4n) is 2.04. The van der Waals surface area contributed by atoms with E-state index in [1.54, 1.807) is 0 Å². The zero-order chi connectivity index (χ0) is 14.1. The van der Waals surface area contributed by atoms with E-state index in [1.807, 2.05) is 6.07 Å². The molecule has 0 radical (unpaired) electrons. The smallest absolute Gasteiger partial charge is 0.124 e. The van der Waals surface area contributed by atoms with Gasteiger partial charge in [0.25, 0.3) is 0 Å². The summed E-state index contributed by atoms with van der Waals surface area (Å²) in [6.45, 7) is 6.39. The third-order valence-electron chi connectivity index (χ3n) is 3.22. The first-order valence-corrected chi connectivity index (χ1v) is 8.03. The Balaban J connectivity index is 2.04. The first-order valence-electron chi connectivity index (χ1n) is 7.24. The number of unbranched alkanes of at least 4 members (excludes halogenated alkanes) is 3. The maximum Gasteiger partial charge on any atom is 0.124 e. The van der Waals surface area contributed by atoms with Crippen LogP contribution in [0.15, 0.2) is 22.7 Å². The second-order valence-electron chi connectivity index (χ2n) is 5.51. The minimum atomic E-state index is -0.194. The molecule has 0 atom stereocenters. The van der Waals surface area contributed by atoms with Gasteiger partial charge in [-0.2, -0.15) is 0 Å². The Bertz CT molecular complexity index is 366. The highest BCUT2D eigenvalue weighted by Gasteiger charge is 2.01. The minimum absolute atomic E-state index is 0.194. The van der Waals surface area contributed by atoms with Gasteiger partial charge in [0, 0.05) is 11.0 Å². The van der Waals surface area contributed by atoms with Crippen molar-refractivity contribution >= 4 is 15.9 Å². The van der Waals surface area contributed by atoms with Crippen LogP contribution >= 0.6 is 15.9 Å². The van der Waals surface area contributed by atoms with Crippen molar-refractivity contribution in [2.75, 3.05) is 6.54 Å². The molecule has 1 N–H and O–H groups in total. The van der Waals surface area contributed by atoms with Crippen LogP contribution in [0.2, 0.25) is 0 Å². The average molecular weight is 330 g/mol. The summed E-state index contributed by atoms with van der Waals surface area (Å²) in [5, 5.41) is 3.41. The zero-order valence-corrected chi connectivity index (χ0v) is 13.6. The zero-order valence-electron chi connectivity index (χ0n) is 12.0. The topological polar surface area (TPSA) is 12.0 Å². The normalized spacial score (nSPS) is 11.2. The van der Waals surface area contributed by atoms with Crippen molar-refractivity contribution < 1.29 is 4.39 Å². The van der Waals surface area contributed by atoms with E-state index in [2.05, 4.69) is 35.1 Å². The Morgan fingerprint density at radius 2 is 1.89 bits per heavy atom. The Kier molecular flexibility index (Phi) is 8.31. The van der Waals surface area contributed by atoms with Gasteiger partial charge in [-0.05, 0) is 36.6 Å². The van der Waals surface area contributed by atoms with Gasteiger partial charge in [-0.1, -0.05) is 61.5 Å². The first-order chi connectivity index (χ1) is 9.09. The number of hydrogen-bond acceptors (Lipinski definition) is 1. The molecule has 0 saturated heterocycles. The summed E-state index contributed by atoms with van der Waals surface area (Å²) in [7, 11) is 0. The van der Waals surface area contributed by atoms with Gasteiger partial charge < -0.3 is 5.32 Å². The van der Waals surface area contributed by atoms with Crippen molar-refractivity contribution in [3.63, 3.8) is 0 Å². The quantitative estimate of drug-likeness (QED) is 0.607. The lowest BCUT2D eigenvalue weighted by molar-refractivity contribution is 0.512. The molecule has 0 aromatic heterocycles. The van der Waals surface area contributed by atoms with Crippen LogP contribution in [0.1, 0.15) is 51.5 Å². The van der Waals surface area contributed by atoms with E-state index >= 15 is 0 Å². The average Bonchev–Trinajstić information content (AvgIpc) is 2.34. The summed E-state index contributed by atoms with van der Waals surface area (Å²) >= 11 is 3.38. The molecule has 1 nitrogen and oxygen atoms in total. The molecule has 0 saturated carbocycles. The van der Waals surface area contributed by atoms with E-state index < -0.39 is 0 Å². The summed E-state index contributed by atoms with van der Waals surface area (Å²) in [6, 6.07) is 4.85. The summed E-state index contributed by atoms with van der Waals surface area (Å²) in [4.78, 5) is 0. The maximum atomic E-state index is 12.9. The van der Waals surface area contributed by atoms with Crippen molar-refractivity contribution in [1.29, 1.82) is 0 Å². The molecule has 0 unspecified atom stereocenters. The van der Waals surface area contributed by atoms with E-state index in [-0.39, 0.29) is 5.82 Å². The number of nitrogens with one attached hydrogen (secondary N) is 1. The Hall–Kier alpha value is -0.410. The van der Waals surface area contributed by atoms with Gasteiger partial charge in [0.1, 0.15) is 5.82 Å². The fraction of sp³-hybridized carbons (Fsp3) is 0.625. The van der Waals surface area contributed by atoms with E-state index in [0.29, 0.717) is 0 Å². The lowest BCUT2D eigenvalue weighted by atomic mass is 10.0. The van der Waals surface area contributed by atoms with Crippen LogP contribution in [-0.4, -0.2) is 6.54 Å². The standard InChI is InChI=1S/C16H25BrFN/c1-13(2)7-5-3-4-6-10-19-12-14-8-9-15(18)11-16(14)17/h8-9,11,13,19H,3-7,10,12H2,1-2H3. The van der Waals surface area contributed by atoms with Crippen LogP contribution < -0.4 is 5.32 Å². The molecule has 1 aromatic carbocycles. The number of rotatable bonds is 9. The van der Waals surface area contributed by atoms with Crippen molar-refractivity contribution in [3.8, 4) is 0 Å². The number of benzene rings is 1. The van der Waals surface area contributed by atoms with Gasteiger partial charge in [-0.15, -0.1) is 0 Å². The fourth-order valence-corrected chi connectivity index (χ4v) is 2.54. The van der Waals surface area contributed by atoms with Crippen LogP contribution in [-0.2, 0) is 6.54 Å². The summed E-state index contributed by atoms with van der Waals surface area (Å²) in [5.41, 5.74) is 1.11. The predicted molar refractivity (Wildman–Crippen MR) is 83.7 cm³/mol. The lowest BCUT2D eigenvalue weighted by Gasteiger charge is -2.07. The van der Waals surface area contributed by atoms with Gasteiger partial charge in [-0.3, -0.25) is 0 Å². The SMILES string of the molecule is CC(C)CCCCCCNCc1ccc(F)cc1Br. The lowest BCUT2D eigenvalue weighted by Crippen LogP contribution is -2.15. The summed E-state index contributed by atoms with van der Waals surface area (Å²) in [5.74, 6) is 0.634. The van der Waals surface area contributed by atoms with Crippen molar-refractivity contribution in [1.82, 2.24) is 5.32 Å². The summed E-state index contributed by atoms with van der Waals surface area (Å²) in [6.07, 6.45) is 6.54. The molecular weight excluding hydrogens is 305 g/mol. The molecule has 0 amide bonds. The molecule has 0 fully saturated rings. The highest BCUT2D eigenvalue weighted by Crippen LogP contribution is 2.17. The molecule has 3 heteroatoms. The van der Waals surface area contributed by atoms with E-state index in [0.717, 1.165) is 29.0 Å². The number of hydrogen-bond donors (Lipinski definition) is 1. The second kappa shape index (κ2) is 9.49. The number of halogens is 2. The third kappa shape index (κ3) is 7.68. The van der Waals surface area contributed by atoms with Crippen molar-refractivity contribution in [3.05, 3.63) is 34.1 Å². The van der Waals surface area contributed by atoms with Crippen LogP contribution in [0.4, 0.5) is 4.39 Å². The molecular formula is C16H25BrFN. The van der Waals surface area contributed by atoms with Gasteiger partial charge in [0.15, 0.2) is 0 Å². The highest BCUT2D eigenvalue weighted by molar-refractivity contribution is 9.10. The Labute approximate surface area is 125 Å². The molecule has 0 spiro atoms. The predicted octanol–water partition coefficient (Wildman–Crippen LogP) is 5.28. The maximum absolute atomic E-state index is 12.9. The van der Waals surface area contributed by atoms with Gasteiger partial charge in [-0.25, -0.2) is 4.39 Å². The molecule has 1 aromatic rings. The first kappa shape index (κ1) is 16.6. The van der Waals surface area contributed by atoms with E-state index in [1.165, 1.54) is 44.2 Å². The molecule has 1 rings (SSSR count). The molecule has 0 heterocycles. The van der Waals surface area contributed by atoms with Crippen molar-refractivity contribution in [2.24, 2.45) is 5.92 Å². The largest absolute Gasteiger partial charge is 0.313 e. The molecule has 0 aliphatic rings. The van der Waals surface area contributed by atoms with Crippen molar-refractivity contribution in [2.45, 2.75) is 52.5 Å². The van der Waals surface area contributed by atoms with Crippen LogP contribution in [0.3, 0.4) is 0 Å². The van der Waals surface area contributed by atoms with Gasteiger partial charge in [0.05, 0.1) is 0 Å². The van der Waals surface area contributed by atoms with E-state index in [9.17, 15) is 4.39 Å². The molecule has 0 aliphatic carbocycles. The van der Waals surface area contributed by atoms with Crippen LogP contribution in [0.25, 0.3) is 0 Å². The highest BCUT2D eigenvalue weighted by atomic mass is 79.9. The van der Waals surface area contributed by atoms with Gasteiger partial charge in [0.2, 0.25) is 0 Å². The Morgan fingerprint density at radius 3 is 2.58 bits per heavy atom.